The minimum Gasteiger partial charge on any atom is -0.469 e. The lowest BCUT2D eigenvalue weighted by molar-refractivity contribution is 0.411. The van der Waals surface area contributed by atoms with Crippen LogP contribution in [0.15, 0.2) is 34.9 Å². The van der Waals surface area contributed by atoms with Crippen LogP contribution in [0.25, 0.3) is 0 Å². The molecule has 19 heavy (non-hydrogen) atoms. The molecule has 0 amide bonds. The highest BCUT2D eigenvalue weighted by Crippen LogP contribution is 2.30. The van der Waals surface area contributed by atoms with Gasteiger partial charge in [0.05, 0.1) is 6.26 Å². The first-order valence-electron chi connectivity index (χ1n) is 6.79. The number of hydrogen-bond acceptors (Lipinski definition) is 2. The van der Waals surface area contributed by atoms with Crippen molar-refractivity contribution in [1.29, 1.82) is 0 Å². The molecule has 0 fully saturated rings. The molecule has 0 saturated carbocycles. The Hall–Kier alpha value is -1.61. The first-order chi connectivity index (χ1) is 9.24. The summed E-state index contributed by atoms with van der Waals surface area (Å²) in [4.78, 5) is 0. The van der Waals surface area contributed by atoms with Crippen LogP contribution in [0.3, 0.4) is 0 Å². The third kappa shape index (κ3) is 2.56. The van der Waals surface area contributed by atoms with E-state index in [0.717, 1.165) is 37.1 Å². The molecule has 3 rings (SSSR count). The van der Waals surface area contributed by atoms with Gasteiger partial charge >= 0.3 is 0 Å². The van der Waals surface area contributed by atoms with Crippen LogP contribution in [-0.4, -0.2) is 0 Å². The molecule has 1 heterocycles. The van der Waals surface area contributed by atoms with Gasteiger partial charge in [-0.15, -0.1) is 0 Å². The van der Waals surface area contributed by atoms with Crippen LogP contribution >= 0.6 is 0 Å². The quantitative estimate of drug-likeness (QED) is 0.904. The molecular formula is C16H18FNO. The third-order valence-electron chi connectivity index (χ3n) is 3.83. The fraction of sp³-hybridized carbons (Fsp3) is 0.375. The number of rotatable bonds is 3. The Balaban J connectivity index is 1.69. The first kappa shape index (κ1) is 12.4. The molecule has 1 unspecified atom stereocenters. The van der Waals surface area contributed by atoms with Gasteiger partial charge in [0.25, 0.3) is 0 Å². The molecule has 1 N–H and O–H groups in total. The number of hydrogen-bond donors (Lipinski definition) is 1. The largest absolute Gasteiger partial charge is 0.469 e. The van der Waals surface area contributed by atoms with Crippen LogP contribution in [0.2, 0.25) is 0 Å². The van der Waals surface area contributed by atoms with Crippen LogP contribution in [0.5, 0.6) is 0 Å². The Morgan fingerprint density at radius 1 is 1.37 bits per heavy atom. The van der Waals surface area contributed by atoms with Crippen LogP contribution < -0.4 is 5.32 Å². The molecule has 0 spiro atoms. The van der Waals surface area contributed by atoms with Gasteiger partial charge in [-0.3, -0.25) is 0 Å². The Morgan fingerprint density at radius 3 is 3.11 bits per heavy atom. The van der Waals surface area contributed by atoms with E-state index in [4.69, 9.17) is 4.42 Å². The number of nitrogens with one attached hydrogen (secondary N) is 1. The van der Waals surface area contributed by atoms with Crippen LogP contribution in [-0.2, 0) is 13.0 Å². The maximum atomic E-state index is 13.2. The van der Waals surface area contributed by atoms with E-state index in [1.165, 1.54) is 11.6 Å². The summed E-state index contributed by atoms with van der Waals surface area (Å²) >= 11 is 0. The maximum Gasteiger partial charge on any atom is 0.126 e. The van der Waals surface area contributed by atoms with E-state index < -0.39 is 0 Å². The standard InChI is InChI=1S/C16H18FNO/c1-11-9-12(5-6-14(11)17)10-18-15-3-2-4-16-13(15)7-8-19-16/h5-9,15,18H,2-4,10H2,1H3. The second-order valence-corrected chi connectivity index (χ2v) is 5.21. The average Bonchev–Trinajstić information content (AvgIpc) is 2.89. The smallest absolute Gasteiger partial charge is 0.126 e. The Kier molecular flexibility index (Phi) is 3.38. The molecule has 2 nitrogen and oxygen atoms in total. The summed E-state index contributed by atoms with van der Waals surface area (Å²) in [6.45, 7) is 2.56. The molecule has 0 saturated heterocycles. The zero-order chi connectivity index (χ0) is 13.2. The van der Waals surface area contributed by atoms with Gasteiger partial charge in [0, 0.05) is 24.6 Å². The van der Waals surface area contributed by atoms with Crippen molar-refractivity contribution in [1.82, 2.24) is 5.32 Å². The predicted molar refractivity (Wildman–Crippen MR) is 72.4 cm³/mol. The molecule has 1 atom stereocenters. The number of aryl methyl sites for hydroxylation is 2. The van der Waals surface area contributed by atoms with Gasteiger partial charge in [0.1, 0.15) is 11.6 Å². The summed E-state index contributed by atoms with van der Waals surface area (Å²) in [6, 6.07) is 7.70. The van der Waals surface area contributed by atoms with Gasteiger partial charge < -0.3 is 9.73 Å². The van der Waals surface area contributed by atoms with Gasteiger partial charge in [0.2, 0.25) is 0 Å². The van der Waals surface area contributed by atoms with Crippen molar-refractivity contribution < 1.29 is 8.81 Å². The normalized spacial score (nSPS) is 18.3. The van der Waals surface area contributed by atoms with Crippen molar-refractivity contribution >= 4 is 0 Å². The van der Waals surface area contributed by atoms with E-state index >= 15 is 0 Å². The van der Waals surface area contributed by atoms with Crippen molar-refractivity contribution in [3.63, 3.8) is 0 Å². The second-order valence-electron chi connectivity index (χ2n) is 5.21. The summed E-state index contributed by atoms with van der Waals surface area (Å²) < 4.78 is 18.7. The third-order valence-corrected chi connectivity index (χ3v) is 3.83. The zero-order valence-corrected chi connectivity index (χ0v) is 11.1. The van der Waals surface area contributed by atoms with Crippen molar-refractivity contribution in [2.75, 3.05) is 0 Å². The lowest BCUT2D eigenvalue weighted by atomic mass is 9.93. The summed E-state index contributed by atoms with van der Waals surface area (Å²) in [6.07, 6.45) is 5.09. The number of furan rings is 1. The maximum absolute atomic E-state index is 13.2. The Labute approximate surface area is 112 Å². The lowest BCUT2D eigenvalue weighted by Gasteiger charge is -2.23. The summed E-state index contributed by atoms with van der Waals surface area (Å²) in [5.41, 5.74) is 3.10. The highest BCUT2D eigenvalue weighted by Gasteiger charge is 2.21. The Bertz CT molecular complexity index is 576. The van der Waals surface area contributed by atoms with Gasteiger partial charge in [-0.2, -0.15) is 0 Å². The van der Waals surface area contributed by atoms with Crippen LogP contribution in [0, 0.1) is 12.7 Å². The highest BCUT2D eigenvalue weighted by molar-refractivity contribution is 5.26. The molecule has 2 aromatic rings. The van der Waals surface area contributed by atoms with Crippen molar-refractivity contribution in [2.24, 2.45) is 0 Å². The summed E-state index contributed by atoms with van der Waals surface area (Å²) in [5.74, 6) is 0.970. The molecule has 0 bridgehead atoms. The second kappa shape index (κ2) is 5.17. The topological polar surface area (TPSA) is 25.2 Å². The molecule has 1 aliphatic carbocycles. The summed E-state index contributed by atoms with van der Waals surface area (Å²) in [7, 11) is 0. The molecule has 0 aliphatic heterocycles. The molecule has 1 aliphatic rings. The SMILES string of the molecule is Cc1cc(CNC2CCCc3occc32)ccc1F. The van der Waals surface area contributed by atoms with Crippen molar-refractivity contribution in [3.05, 3.63) is 58.8 Å². The van der Waals surface area contributed by atoms with E-state index in [9.17, 15) is 4.39 Å². The van der Waals surface area contributed by atoms with E-state index in [1.807, 2.05) is 12.1 Å². The zero-order valence-electron chi connectivity index (χ0n) is 11.1. The van der Waals surface area contributed by atoms with Gasteiger partial charge in [-0.05, 0) is 43.0 Å². The average molecular weight is 259 g/mol. The van der Waals surface area contributed by atoms with E-state index in [2.05, 4.69) is 11.4 Å². The van der Waals surface area contributed by atoms with Gasteiger partial charge in [-0.1, -0.05) is 12.1 Å². The minimum absolute atomic E-state index is 0.140. The minimum atomic E-state index is -0.140. The van der Waals surface area contributed by atoms with E-state index in [0.29, 0.717) is 11.6 Å². The monoisotopic (exact) mass is 259 g/mol. The molecule has 1 aromatic heterocycles. The van der Waals surface area contributed by atoms with Gasteiger partial charge in [-0.25, -0.2) is 4.39 Å². The lowest BCUT2D eigenvalue weighted by Crippen LogP contribution is -2.24. The van der Waals surface area contributed by atoms with Crippen LogP contribution in [0.4, 0.5) is 4.39 Å². The molecular weight excluding hydrogens is 241 g/mol. The van der Waals surface area contributed by atoms with Crippen LogP contribution in [0.1, 0.15) is 41.3 Å². The first-order valence-corrected chi connectivity index (χ1v) is 6.79. The number of fused-ring (bicyclic) bond motifs is 1. The number of halogens is 1. The summed E-state index contributed by atoms with van der Waals surface area (Å²) in [5, 5.41) is 3.54. The van der Waals surface area contributed by atoms with E-state index in [-0.39, 0.29) is 5.82 Å². The predicted octanol–water partition coefficient (Wildman–Crippen LogP) is 3.89. The highest BCUT2D eigenvalue weighted by atomic mass is 19.1. The van der Waals surface area contributed by atoms with E-state index in [1.54, 1.807) is 13.2 Å². The fourth-order valence-electron chi connectivity index (χ4n) is 2.76. The molecule has 1 aromatic carbocycles. The Morgan fingerprint density at radius 2 is 2.26 bits per heavy atom. The molecule has 0 radical (unpaired) electrons. The van der Waals surface area contributed by atoms with Gasteiger partial charge in [0.15, 0.2) is 0 Å². The number of benzene rings is 1. The van der Waals surface area contributed by atoms with Crippen molar-refractivity contribution in [2.45, 2.75) is 38.8 Å². The van der Waals surface area contributed by atoms with Crippen molar-refractivity contribution in [3.8, 4) is 0 Å². The fourth-order valence-corrected chi connectivity index (χ4v) is 2.76. The molecule has 3 heteroatoms. The molecule has 100 valence electrons.